The zero-order valence-electron chi connectivity index (χ0n) is 8.79. The molecule has 0 aromatic carbocycles. The van der Waals surface area contributed by atoms with Crippen molar-refractivity contribution in [1.29, 1.82) is 0 Å². The molecule has 0 spiro atoms. The van der Waals surface area contributed by atoms with Crippen molar-refractivity contribution in [2.24, 2.45) is 5.92 Å². The van der Waals surface area contributed by atoms with Gasteiger partial charge in [-0.05, 0) is 32.4 Å². The van der Waals surface area contributed by atoms with Gasteiger partial charge < -0.3 is 15.3 Å². The zero-order chi connectivity index (χ0) is 9.68. The minimum Gasteiger partial charge on any atom is -0.396 e. The summed E-state index contributed by atoms with van der Waals surface area (Å²) in [4.78, 5) is 2.38. The van der Waals surface area contributed by atoms with Crippen LogP contribution in [0.25, 0.3) is 0 Å². The molecule has 0 bridgehead atoms. The van der Waals surface area contributed by atoms with Gasteiger partial charge in [0, 0.05) is 25.7 Å². The monoisotopic (exact) mass is 186 g/mol. The average molecular weight is 186 g/mol. The zero-order valence-corrected chi connectivity index (χ0v) is 8.79. The van der Waals surface area contributed by atoms with Gasteiger partial charge in [0.25, 0.3) is 0 Å². The number of rotatable bonds is 4. The lowest BCUT2D eigenvalue weighted by Crippen LogP contribution is -2.47. The summed E-state index contributed by atoms with van der Waals surface area (Å²) in [6.07, 6.45) is 2.14. The highest BCUT2D eigenvalue weighted by Gasteiger charge is 2.21. The summed E-state index contributed by atoms with van der Waals surface area (Å²) >= 11 is 0. The fraction of sp³-hybridized carbons (Fsp3) is 1.00. The van der Waals surface area contributed by atoms with E-state index in [0.29, 0.717) is 12.6 Å². The predicted octanol–water partition coefficient (Wildman–Crippen LogP) is 0.299. The largest absolute Gasteiger partial charge is 0.396 e. The van der Waals surface area contributed by atoms with E-state index in [0.717, 1.165) is 25.4 Å². The van der Waals surface area contributed by atoms with E-state index in [1.54, 1.807) is 0 Å². The Morgan fingerprint density at radius 2 is 2.23 bits per heavy atom. The third-order valence-electron chi connectivity index (χ3n) is 2.61. The van der Waals surface area contributed by atoms with E-state index >= 15 is 0 Å². The predicted molar refractivity (Wildman–Crippen MR) is 54.8 cm³/mol. The molecule has 2 atom stereocenters. The Kier molecular flexibility index (Phi) is 4.70. The number of piperidine rings is 1. The summed E-state index contributed by atoms with van der Waals surface area (Å²) in [6.45, 7) is 5.91. The van der Waals surface area contributed by atoms with E-state index in [9.17, 15) is 0 Å². The van der Waals surface area contributed by atoms with Gasteiger partial charge in [0.05, 0.1) is 0 Å². The number of likely N-dealkylation sites (tertiary alicyclic amines) is 1. The van der Waals surface area contributed by atoms with Crippen LogP contribution in [0.1, 0.15) is 19.8 Å². The Bertz CT molecular complexity index is 131. The van der Waals surface area contributed by atoms with E-state index in [2.05, 4.69) is 24.2 Å². The number of aliphatic hydroxyl groups is 1. The molecule has 1 aliphatic heterocycles. The van der Waals surface area contributed by atoms with E-state index in [-0.39, 0.29) is 0 Å². The van der Waals surface area contributed by atoms with E-state index in [1.807, 2.05) is 0 Å². The molecule has 78 valence electrons. The second-order valence-electron chi connectivity index (χ2n) is 4.29. The van der Waals surface area contributed by atoms with Crippen LogP contribution in [0.15, 0.2) is 0 Å². The maximum atomic E-state index is 8.65. The topological polar surface area (TPSA) is 35.5 Å². The molecule has 0 aromatic heterocycles. The number of hydrogen-bond donors (Lipinski definition) is 2. The standard InChI is InChI=1S/C10H22N2O/c1-9-6-10(8-12(2)7-9)11-4-3-5-13/h9-11,13H,3-8H2,1-2H3. The molecule has 1 aliphatic rings. The van der Waals surface area contributed by atoms with Gasteiger partial charge >= 0.3 is 0 Å². The molecule has 0 aromatic rings. The molecule has 0 amide bonds. The van der Waals surface area contributed by atoms with Crippen molar-refractivity contribution in [3.8, 4) is 0 Å². The lowest BCUT2D eigenvalue weighted by molar-refractivity contribution is 0.176. The van der Waals surface area contributed by atoms with Gasteiger partial charge in [-0.15, -0.1) is 0 Å². The van der Waals surface area contributed by atoms with E-state index in [1.165, 1.54) is 13.0 Å². The molecule has 0 radical (unpaired) electrons. The third-order valence-corrected chi connectivity index (χ3v) is 2.61. The second kappa shape index (κ2) is 5.58. The first-order chi connectivity index (χ1) is 6.22. The molecule has 3 nitrogen and oxygen atoms in total. The highest BCUT2D eigenvalue weighted by molar-refractivity contribution is 4.79. The molecule has 2 N–H and O–H groups in total. The van der Waals surface area contributed by atoms with Crippen LogP contribution in [0, 0.1) is 5.92 Å². The smallest absolute Gasteiger partial charge is 0.0443 e. The summed E-state index contributed by atoms with van der Waals surface area (Å²) in [5.41, 5.74) is 0. The molecule has 3 heteroatoms. The Balaban J connectivity index is 2.17. The molecule has 2 unspecified atom stereocenters. The average Bonchev–Trinajstić information content (AvgIpc) is 2.03. The number of aliphatic hydroxyl groups excluding tert-OH is 1. The van der Waals surface area contributed by atoms with Crippen molar-refractivity contribution >= 4 is 0 Å². The molecule has 13 heavy (non-hydrogen) atoms. The molecule has 0 saturated carbocycles. The quantitative estimate of drug-likeness (QED) is 0.620. The van der Waals surface area contributed by atoms with E-state index < -0.39 is 0 Å². The van der Waals surface area contributed by atoms with Gasteiger partial charge in [0.15, 0.2) is 0 Å². The first-order valence-electron chi connectivity index (χ1n) is 5.25. The Morgan fingerprint density at radius 1 is 1.46 bits per heavy atom. The minimum absolute atomic E-state index is 0.297. The maximum absolute atomic E-state index is 8.65. The van der Waals surface area contributed by atoms with Crippen molar-refractivity contribution in [1.82, 2.24) is 10.2 Å². The number of hydrogen-bond acceptors (Lipinski definition) is 3. The summed E-state index contributed by atoms with van der Waals surface area (Å²) in [6, 6.07) is 0.625. The van der Waals surface area contributed by atoms with Crippen LogP contribution in [-0.2, 0) is 0 Å². The molecular weight excluding hydrogens is 164 g/mol. The molecule has 1 fully saturated rings. The maximum Gasteiger partial charge on any atom is 0.0443 e. The van der Waals surface area contributed by atoms with Crippen LogP contribution in [0.4, 0.5) is 0 Å². The summed E-state index contributed by atoms with van der Waals surface area (Å²) < 4.78 is 0. The Labute approximate surface area is 81.1 Å². The van der Waals surface area contributed by atoms with Crippen molar-refractivity contribution in [3.05, 3.63) is 0 Å². The van der Waals surface area contributed by atoms with Gasteiger partial charge in [-0.25, -0.2) is 0 Å². The van der Waals surface area contributed by atoms with Gasteiger partial charge in [0.1, 0.15) is 0 Å². The lowest BCUT2D eigenvalue weighted by Gasteiger charge is -2.34. The van der Waals surface area contributed by atoms with Gasteiger partial charge in [-0.3, -0.25) is 0 Å². The Morgan fingerprint density at radius 3 is 2.85 bits per heavy atom. The third kappa shape index (κ3) is 4.07. The van der Waals surface area contributed by atoms with Crippen LogP contribution >= 0.6 is 0 Å². The van der Waals surface area contributed by atoms with Crippen LogP contribution in [-0.4, -0.2) is 49.3 Å². The molecular formula is C10H22N2O. The summed E-state index contributed by atoms with van der Waals surface area (Å²) in [5, 5.41) is 12.1. The van der Waals surface area contributed by atoms with Crippen LogP contribution in [0.5, 0.6) is 0 Å². The van der Waals surface area contributed by atoms with Crippen LogP contribution in [0.2, 0.25) is 0 Å². The normalized spacial score (nSPS) is 30.7. The molecule has 1 rings (SSSR count). The minimum atomic E-state index is 0.297. The van der Waals surface area contributed by atoms with Crippen LogP contribution < -0.4 is 5.32 Å². The Hall–Kier alpha value is -0.120. The van der Waals surface area contributed by atoms with Crippen molar-refractivity contribution in [2.45, 2.75) is 25.8 Å². The van der Waals surface area contributed by atoms with E-state index in [4.69, 9.17) is 5.11 Å². The second-order valence-corrected chi connectivity index (χ2v) is 4.29. The number of likely N-dealkylation sites (N-methyl/N-ethyl adjacent to an activating group) is 1. The molecule has 1 heterocycles. The lowest BCUT2D eigenvalue weighted by atomic mass is 9.96. The summed E-state index contributed by atoms with van der Waals surface area (Å²) in [5.74, 6) is 0.797. The molecule has 1 saturated heterocycles. The van der Waals surface area contributed by atoms with Gasteiger partial charge in [0.2, 0.25) is 0 Å². The summed E-state index contributed by atoms with van der Waals surface area (Å²) in [7, 11) is 2.18. The number of nitrogens with one attached hydrogen (secondary N) is 1. The first kappa shape index (κ1) is 11.0. The molecule has 0 aliphatic carbocycles. The van der Waals surface area contributed by atoms with Gasteiger partial charge in [-0.2, -0.15) is 0 Å². The van der Waals surface area contributed by atoms with Gasteiger partial charge in [-0.1, -0.05) is 6.92 Å². The SMILES string of the molecule is CC1CC(NCCCO)CN(C)C1. The first-order valence-corrected chi connectivity index (χ1v) is 5.25. The fourth-order valence-corrected chi connectivity index (χ4v) is 2.15. The van der Waals surface area contributed by atoms with Crippen molar-refractivity contribution in [2.75, 3.05) is 33.3 Å². The number of nitrogens with zero attached hydrogens (tertiary/aromatic N) is 1. The van der Waals surface area contributed by atoms with Crippen molar-refractivity contribution in [3.63, 3.8) is 0 Å². The fourth-order valence-electron chi connectivity index (χ4n) is 2.15. The van der Waals surface area contributed by atoms with Crippen molar-refractivity contribution < 1.29 is 5.11 Å². The highest BCUT2D eigenvalue weighted by atomic mass is 16.3. The highest BCUT2D eigenvalue weighted by Crippen LogP contribution is 2.14. The van der Waals surface area contributed by atoms with Crippen LogP contribution in [0.3, 0.4) is 0 Å².